The SMILES string of the molecule is Cc1cccc(C2CCCN2C(=O)C2CNCCO2)c1.Cl. The van der Waals surface area contributed by atoms with Crippen LogP contribution in [0.3, 0.4) is 0 Å². The fourth-order valence-corrected chi connectivity index (χ4v) is 3.16. The molecule has 2 atom stereocenters. The van der Waals surface area contributed by atoms with E-state index < -0.39 is 0 Å². The van der Waals surface area contributed by atoms with Gasteiger partial charge in [0.05, 0.1) is 12.6 Å². The van der Waals surface area contributed by atoms with E-state index in [1.54, 1.807) is 0 Å². The lowest BCUT2D eigenvalue weighted by atomic mass is 10.0. The van der Waals surface area contributed by atoms with Gasteiger partial charge in [0.25, 0.3) is 5.91 Å². The number of aryl methyl sites for hydroxylation is 1. The average molecular weight is 311 g/mol. The van der Waals surface area contributed by atoms with Gasteiger partial charge < -0.3 is 15.0 Å². The highest BCUT2D eigenvalue weighted by molar-refractivity contribution is 5.85. The van der Waals surface area contributed by atoms with Gasteiger partial charge in [0.15, 0.2) is 0 Å². The molecule has 2 unspecified atom stereocenters. The second-order valence-corrected chi connectivity index (χ2v) is 5.67. The Morgan fingerprint density at radius 1 is 1.43 bits per heavy atom. The van der Waals surface area contributed by atoms with Crippen LogP contribution in [0.15, 0.2) is 24.3 Å². The molecule has 116 valence electrons. The van der Waals surface area contributed by atoms with Crippen LogP contribution in [-0.2, 0) is 9.53 Å². The highest BCUT2D eigenvalue weighted by Crippen LogP contribution is 2.33. The number of hydrogen-bond donors (Lipinski definition) is 1. The monoisotopic (exact) mass is 310 g/mol. The Hall–Kier alpha value is -1.10. The first kappa shape index (κ1) is 16.3. The Kier molecular flexibility index (Phi) is 5.62. The Bertz CT molecular complexity index is 489. The Labute approximate surface area is 132 Å². The number of carbonyl (C=O) groups excluding carboxylic acids is 1. The summed E-state index contributed by atoms with van der Waals surface area (Å²) in [4.78, 5) is 14.6. The lowest BCUT2D eigenvalue weighted by molar-refractivity contribution is -0.146. The van der Waals surface area contributed by atoms with E-state index in [1.165, 1.54) is 11.1 Å². The lowest BCUT2D eigenvalue weighted by Crippen LogP contribution is -2.49. The van der Waals surface area contributed by atoms with Crippen molar-refractivity contribution < 1.29 is 9.53 Å². The smallest absolute Gasteiger partial charge is 0.253 e. The van der Waals surface area contributed by atoms with Crippen LogP contribution in [0.4, 0.5) is 0 Å². The third-order valence-electron chi connectivity index (χ3n) is 4.17. The predicted molar refractivity (Wildman–Crippen MR) is 84.7 cm³/mol. The second-order valence-electron chi connectivity index (χ2n) is 5.67. The van der Waals surface area contributed by atoms with Crippen molar-refractivity contribution in [3.63, 3.8) is 0 Å². The number of halogens is 1. The molecule has 4 nitrogen and oxygen atoms in total. The Morgan fingerprint density at radius 2 is 2.29 bits per heavy atom. The van der Waals surface area contributed by atoms with Crippen molar-refractivity contribution in [3.8, 4) is 0 Å². The highest BCUT2D eigenvalue weighted by atomic mass is 35.5. The van der Waals surface area contributed by atoms with E-state index in [4.69, 9.17) is 4.74 Å². The van der Waals surface area contributed by atoms with Crippen molar-refractivity contribution in [3.05, 3.63) is 35.4 Å². The summed E-state index contributed by atoms with van der Waals surface area (Å²) in [5.74, 6) is 0.140. The molecule has 1 aromatic rings. The minimum Gasteiger partial charge on any atom is -0.366 e. The van der Waals surface area contributed by atoms with E-state index in [0.717, 1.165) is 25.9 Å². The Balaban J connectivity index is 0.00000161. The molecular formula is C16H23ClN2O2. The Morgan fingerprint density at radius 3 is 3.00 bits per heavy atom. The normalized spacial score (nSPS) is 25.5. The fraction of sp³-hybridized carbons (Fsp3) is 0.562. The molecule has 2 aliphatic rings. The van der Waals surface area contributed by atoms with Crippen molar-refractivity contribution in [1.82, 2.24) is 10.2 Å². The van der Waals surface area contributed by atoms with Gasteiger partial charge in [-0.15, -0.1) is 12.4 Å². The van der Waals surface area contributed by atoms with Gasteiger partial charge in [0.1, 0.15) is 6.10 Å². The van der Waals surface area contributed by atoms with Gasteiger partial charge in [-0.1, -0.05) is 29.8 Å². The average Bonchev–Trinajstić information content (AvgIpc) is 2.97. The van der Waals surface area contributed by atoms with Crippen molar-refractivity contribution in [2.24, 2.45) is 0 Å². The molecule has 2 aliphatic heterocycles. The van der Waals surface area contributed by atoms with Crippen LogP contribution < -0.4 is 5.32 Å². The van der Waals surface area contributed by atoms with Gasteiger partial charge >= 0.3 is 0 Å². The molecule has 2 heterocycles. The maximum atomic E-state index is 12.6. The van der Waals surface area contributed by atoms with E-state index in [2.05, 4.69) is 36.5 Å². The van der Waals surface area contributed by atoms with E-state index >= 15 is 0 Å². The zero-order valence-electron chi connectivity index (χ0n) is 12.4. The molecule has 21 heavy (non-hydrogen) atoms. The summed E-state index contributed by atoms with van der Waals surface area (Å²) in [6.45, 7) is 5.04. The molecule has 2 fully saturated rings. The van der Waals surface area contributed by atoms with E-state index in [-0.39, 0.29) is 30.5 Å². The molecule has 0 radical (unpaired) electrons. The number of benzene rings is 1. The number of carbonyl (C=O) groups is 1. The predicted octanol–water partition coefficient (Wildman–Crippen LogP) is 2.07. The minimum absolute atomic E-state index is 0. The van der Waals surface area contributed by atoms with Crippen molar-refractivity contribution in [1.29, 1.82) is 0 Å². The summed E-state index contributed by atoms with van der Waals surface area (Å²) in [6, 6.07) is 8.70. The van der Waals surface area contributed by atoms with E-state index in [0.29, 0.717) is 13.2 Å². The second kappa shape index (κ2) is 7.25. The summed E-state index contributed by atoms with van der Waals surface area (Å²) >= 11 is 0. The number of morpholine rings is 1. The van der Waals surface area contributed by atoms with Crippen LogP contribution >= 0.6 is 12.4 Å². The first-order valence-corrected chi connectivity index (χ1v) is 7.45. The van der Waals surface area contributed by atoms with E-state index in [1.807, 2.05) is 4.90 Å². The molecule has 3 rings (SSSR count). The van der Waals surface area contributed by atoms with Crippen molar-refractivity contribution >= 4 is 18.3 Å². The van der Waals surface area contributed by atoms with Gasteiger partial charge in [-0.05, 0) is 25.3 Å². The molecule has 2 saturated heterocycles. The van der Waals surface area contributed by atoms with Crippen molar-refractivity contribution in [2.75, 3.05) is 26.2 Å². The number of likely N-dealkylation sites (tertiary alicyclic amines) is 1. The van der Waals surface area contributed by atoms with Crippen LogP contribution in [0, 0.1) is 6.92 Å². The summed E-state index contributed by atoms with van der Waals surface area (Å²) in [5.41, 5.74) is 2.50. The topological polar surface area (TPSA) is 41.6 Å². The first-order valence-electron chi connectivity index (χ1n) is 7.45. The molecule has 1 amide bonds. The van der Waals surface area contributed by atoms with Gasteiger partial charge in [0, 0.05) is 19.6 Å². The third-order valence-corrected chi connectivity index (χ3v) is 4.17. The van der Waals surface area contributed by atoms with Gasteiger partial charge in [-0.3, -0.25) is 4.79 Å². The van der Waals surface area contributed by atoms with Crippen LogP contribution in [0.1, 0.15) is 30.0 Å². The molecule has 0 saturated carbocycles. The lowest BCUT2D eigenvalue weighted by Gasteiger charge is -2.31. The molecule has 0 aromatic heterocycles. The summed E-state index contributed by atoms with van der Waals surface area (Å²) in [7, 11) is 0. The van der Waals surface area contributed by atoms with Crippen LogP contribution in [0.2, 0.25) is 0 Å². The minimum atomic E-state index is -0.311. The number of nitrogens with zero attached hydrogens (tertiary/aromatic N) is 1. The van der Waals surface area contributed by atoms with Crippen LogP contribution in [0.5, 0.6) is 0 Å². The maximum absolute atomic E-state index is 12.6. The standard InChI is InChI=1S/C16H22N2O2.ClH/c1-12-4-2-5-13(10-12)14-6-3-8-18(14)16(19)15-11-17-7-9-20-15;/h2,4-5,10,14-15,17H,3,6-9,11H2,1H3;1H. The van der Waals surface area contributed by atoms with Gasteiger partial charge in [-0.2, -0.15) is 0 Å². The number of nitrogens with one attached hydrogen (secondary N) is 1. The van der Waals surface area contributed by atoms with Crippen LogP contribution in [0.25, 0.3) is 0 Å². The van der Waals surface area contributed by atoms with E-state index in [9.17, 15) is 4.79 Å². The zero-order chi connectivity index (χ0) is 13.9. The fourth-order valence-electron chi connectivity index (χ4n) is 3.16. The summed E-state index contributed by atoms with van der Waals surface area (Å²) in [5, 5.41) is 3.23. The van der Waals surface area contributed by atoms with Crippen molar-refractivity contribution in [2.45, 2.75) is 31.9 Å². The van der Waals surface area contributed by atoms with Crippen LogP contribution in [-0.4, -0.2) is 43.2 Å². The largest absolute Gasteiger partial charge is 0.366 e. The number of amides is 1. The van der Waals surface area contributed by atoms with Gasteiger partial charge in [0.2, 0.25) is 0 Å². The molecule has 1 N–H and O–H groups in total. The molecule has 5 heteroatoms. The number of rotatable bonds is 2. The highest BCUT2D eigenvalue weighted by Gasteiger charge is 2.35. The summed E-state index contributed by atoms with van der Waals surface area (Å²) in [6.07, 6.45) is 1.81. The summed E-state index contributed by atoms with van der Waals surface area (Å²) < 4.78 is 5.61. The zero-order valence-corrected chi connectivity index (χ0v) is 13.2. The molecule has 0 spiro atoms. The molecule has 0 bridgehead atoms. The number of hydrogen-bond acceptors (Lipinski definition) is 3. The first-order chi connectivity index (χ1) is 9.75. The third kappa shape index (κ3) is 3.57. The molecule has 0 aliphatic carbocycles. The quantitative estimate of drug-likeness (QED) is 0.909. The molecular weight excluding hydrogens is 288 g/mol. The van der Waals surface area contributed by atoms with Gasteiger partial charge in [-0.25, -0.2) is 0 Å². The maximum Gasteiger partial charge on any atom is 0.253 e. The molecule has 1 aromatic carbocycles. The number of ether oxygens (including phenoxy) is 1.